The highest BCUT2D eigenvalue weighted by molar-refractivity contribution is 5.64. The number of nitrogens with zero attached hydrogens (tertiary/aromatic N) is 2. The van der Waals surface area contributed by atoms with Gasteiger partial charge < -0.3 is 14.4 Å². The Morgan fingerprint density at radius 3 is 2.76 bits per heavy atom. The fourth-order valence-corrected chi connectivity index (χ4v) is 1.44. The van der Waals surface area contributed by atoms with Crippen molar-refractivity contribution in [2.45, 2.75) is 19.3 Å². The maximum Gasteiger partial charge on any atom is 0.226 e. The Morgan fingerprint density at radius 1 is 1.29 bits per heavy atom. The zero-order valence-corrected chi connectivity index (χ0v) is 9.13. The van der Waals surface area contributed by atoms with Crippen LogP contribution >= 0.6 is 0 Å². The molecule has 0 saturated heterocycles. The summed E-state index contributed by atoms with van der Waals surface area (Å²) in [7, 11) is 0. The van der Waals surface area contributed by atoms with Gasteiger partial charge in [-0.3, -0.25) is 0 Å². The van der Waals surface area contributed by atoms with Gasteiger partial charge >= 0.3 is 0 Å². The molecule has 1 aromatic heterocycles. The molecule has 0 unspecified atom stereocenters. The Morgan fingerprint density at radius 2 is 2.06 bits per heavy atom. The number of carboxylic acids is 1. The highest BCUT2D eigenvalue weighted by Gasteiger charge is 2.07. The number of hydrogen-bond donors (Lipinski definition) is 0. The molecular weight excluding hydrogens is 220 g/mol. The van der Waals surface area contributed by atoms with Gasteiger partial charge in [0.2, 0.25) is 11.7 Å². The van der Waals surface area contributed by atoms with Gasteiger partial charge in [0.25, 0.3) is 0 Å². The molecule has 2 rings (SSSR count). The molecule has 0 bridgehead atoms. The predicted molar refractivity (Wildman–Crippen MR) is 57.7 cm³/mol. The molecular formula is C12H11N2O3-. The third kappa shape index (κ3) is 3.14. The van der Waals surface area contributed by atoms with Crippen LogP contribution in [-0.4, -0.2) is 16.1 Å². The monoisotopic (exact) mass is 231 g/mol. The SMILES string of the molecule is O=C([O-])CCCc1nc(-c2ccccc2)no1. The van der Waals surface area contributed by atoms with E-state index in [1.165, 1.54) is 0 Å². The molecule has 1 aromatic carbocycles. The molecule has 5 heteroatoms. The molecule has 0 spiro atoms. The van der Waals surface area contributed by atoms with E-state index in [2.05, 4.69) is 10.1 Å². The summed E-state index contributed by atoms with van der Waals surface area (Å²) in [6, 6.07) is 9.46. The van der Waals surface area contributed by atoms with Crippen LogP contribution in [-0.2, 0) is 11.2 Å². The standard InChI is InChI=1S/C12H12N2O3/c15-11(16)8-4-7-10-13-12(14-17-10)9-5-2-1-3-6-9/h1-3,5-6H,4,7-8H2,(H,15,16)/p-1. The first-order chi connectivity index (χ1) is 8.25. The van der Waals surface area contributed by atoms with Gasteiger partial charge in [-0.1, -0.05) is 35.5 Å². The maximum absolute atomic E-state index is 10.2. The summed E-state index contributed by atoms with van der Waals surface area (Å²) < 4.78 is 5.03. The molecule has 0 aliphatic carbocycles. The average Bonchev–Trinajstić information content (AvgIpc) is 2.78. The molecule has 0 fully saturated rings. The fourth-order valence-electron chi connectivity index (χ4n) is 1.44. The highest BCUT2D eigenvalue weighted by Crippen LogP contribution is 2.15. The molecule has 5 nitrogen and oxygen atoms in total. The molecule has 17 heavy (non-hydrogen) atoms. The number of aryl methyl sites for hydroxylation is 1. The van der Waals surface area contributed by atoms with Crippen molar-refractivity contribution in [1.82, 2.24) is 10.1 Å². The highest BCUT2D eigenvalue weighted by atomic mass is 16.5. The van der Waals surface area contributed by atoms with Crippen LogP contribution in [0, 0.1) is 0 Å². The minimum absolute atomic E-state index is 0.00303. The molecule has 0 saturated carbocycles. The van der Waals surface area contributed by atoms with Gasteiger partial charge in [0.15, 0.2) is 0 Å². The minimum atomic E-state index is -1.06. The van der Waals surface area contributed by atoms with Gasteiger partial charge in [0.1, 0.15) is 0 Å². The Hall–Kier alpha value is -2.17. The lowest BCUT2D eigenvalue weighted by Gasteiger charge is -1.97. The summed E-state index contributed by atoms with van der Waals surface area (Å²) in [5.41, 5.74) is 0.877. The van der Waals surface area contributed by atoms with Crippen molar-refractivity contribution in [3.05, 3.63) is 36.2 Å². The predicted octanol–water partition coefficient (Wildman–Crippen LogP) is 0.809. The zero-order valence-electron chi connectivity index (χ0n) is 9.13. The number of carbonyl (C=O) groups excluding carboxylic acids is 1. The fraction of sp³-hybridized carbons (Fsp3) is 0.250. The molecule has 0 N–H and O–H groups in total. The summed E-state index contributed by atoms with van der Waals surface area (Å²) in [6.45, 7) is 0. The van der Waals surface area contributed by atoms with Crippen LogP contribution in [0.2, 0.25) is 0 Å². The average molecular weight is 231 g/mol. The number of carbonyl (C=O) groups is 1. The molecule has 0 aliphatic rings. The van der Waals surface area contributed by atoms with Crippen LogP contribution in [0.3, 0.4) is 0 Å². The first-order valence-electron chi connectivity index (χ1n) is 5.33. The van der Waals surface area contributed by atoms with E-state index in [4.69, 9.17) is 4.52 Å². The van der Waals surface area contributed by atoms with Gasteiger partial charge in [0.05, 0.1) is 0 Å². The molecule has 0 aliphatic heterocycles. The van der Waals surface area contributed by atoms with Crippen molar-refractivity contribution >= 4 is 5.97 Å². The van der Waals surface area contributed by atoms with E-state index in [1.807, 2.05) is 30.3 Å². The molecule has 0 amide bonds. The van der Waals surface area contributed by atoms with Crippen molar-refractivity contribution in [2.75, 3.05) is 0 Å². The number of benzene rings is 1. The second kappa shape index (κ2) is 5.25. The van der Waals surface area contributed by atoms with Gasteiger partial charge in [-0.2, -0.15) is 4.98 Å². The van der Waals surface area contributed by atoms with Crippen LogP contribution < -0.4 is 5.11 Å². The van der Waals surface area contributed by atoms with Crippen LogP contribution in [0.4, 0.5) is 0 Å². The number of hydrogen-bond acceptors (Lipinski definition) is 5. The molecule has 0 atom stereocenters. The largest absolute Gasteiger partial charge is 0.550 e. The van der Waals surface area contributed by atoms with Crippen molar-refractivity contribution in [3.8, 4) is 11.4 Å². The topological polar surface area (TPSA) is 79.0 Å². The summed E-state index contributed by atoms with van der Waals surface area (Å²) in [5, 5.41) is 14.1. The quantitative estimate of drug-likeness (QED) is 0.760. The van der Waals surface area contributed by atoms with Crippen molar-refractivity contribution in [1.29, 1.82) is 0 Å². The van der Waals surface area contributed by atoms with E-state index in [1.54, 1.807) is 0 Å². The third-order valence-electron chi connectivity index (χ3n) is 2.27. The Balaban J connectivity index is 1.99. The summed E-state index contributed by atoms with van der Waals surface area (Å²) in [6.07, 6.45) is 0.898. The van der Waals surface area contributed by atoms with Crippen molar-refractivity contribution < 1.29 is 14.4 Å². The van der Waals surface area contributed by atoms with E-state index in [0.717, 1.165) is 5.56 Å². The van der Waals surface area contributed by atoms with E-state index >= 15 is 0 Å². The maximum atomic E-state index is 10.2. The van der Waals surface area contributed by atoms with Gasteiger partial charge in [-0.15, -0.1) is 0 Å². The lowest BCUT2D eigenvalue weighted by molar-refractivity contribution is -0.305. The smallest absolute Gasteiger partial charge is 0.226 e. The van der Waals surface area contributed by atoms with Crippen LogP contribution in [0.1, 0.15) is 18.7 Å². The Labute approximate surface area is 98.1 Å². The van der Waals surface area contributed by atoms with Gasteiger partial charge in [-0.25, -0.2) is 0 Å². The number of aliphatic carboxylic acids is 1. The van der Waals surface area contributed by atoms with Crippen LogP contribution in [0.5, 0.6) is 0 Å². The molecule has 88 valence electrons. The Bertz CT molecular complexity index is 493. The van der Waals surface area contributed by atoms with Crippen molar-refractivity contribution in [3.63, 3.8) is 0 Å². The molecule has 0 radical (unpaired) electrons. The molecule has 2 aromatic rings. The zero-order chi connectivity index (χ0) is 12.1. The lowest BCUT2D eigenvalue weighted by Crippen LogP contribution is -2.21. The number of aromatic nitrogens is 2. The van der Waals surface area contributed by atoms with Crippen LogP contribution in [0.25, 0.3) is 11.4 Å². The van der Waals surface area contributed by atoms with E-state index in [-0.39, 0.29) is 6.42 Å². The van der Waals surface area contributed by atoms with E-state index < -0.39 is 5.97 Å². The second-order valence-electron chi connectivity index (χ2n) is 3.60. The van der Waals surface area contributed by atoms with Gasteiger partial charge in [0, 0.05) is 18.0 Å². The second-order valence-corrected chi connectivity index (χ2v) is 3.60. The third-order valence-corrected chi connectivity index (χ3v) is 2.27. The molecule has 1 heterocycles. The summed E-state index contributed by atoms with van der Waals surface area (Å²) in [4.78, 5) is 14.4. The van der Waals surface area contributed by atoms with E-state index in [0.29, 0.717) is 24.6 Å². The van der Waals surface area contributed by atoms with Gasteiger partial charge in [-0.05, 0) is 12.8 Å². The summed E-state index contributed by atoms with van der Waals surface area (Å²) >= 11 is 0. The normalized spacial score (nSPS) is 10.4. The lowest BCUT2D eigenvalue weighted by atomic mass is 10.2. The van der Waals surface area contributed by atoms with E-state index in [9.17, 15) is 9.90 Å². The summed E-state index contributed by atoms with van der Waals surface area (Å²) in [5.74, 6) is -0.0908. The Kier molecular flexibility index (Phi) is 3.49. The first-order valence-corrected chi connectivity index (χ1v) is 5.33. The number of rotatable bonds is 5. The first kappa shape index (κ1) is 11.3. The van der Waals surface area contributed by atoms with Crippen LogP contribution in [0.15, 0.2) is 34.9 Å². The number of carboxylic acid groups (broad SMARTS) is 1. The minimum Gasteiger partial charge on any atom is -0.550 e. The van der Waals surface area contributed by atoms with Crippen molar-refractivity contribution in [2.24, 2.45) is 0 Å².